The molecule has 1 aromatic carbocycles. The van der Waals surface area contributed by atoms with E-state index in [4.69, 9.17) is 0 Å². The Kier molecular flexibility index (Phi) is 2.23. The molecule has 0 fully saturated rings. The zero-order valence-electron chi connectivity index (χ0n) is 8.81. The number of pyridine rings is 1. The maximum absolute atomic E-state index is 11.7. The summed E-state index contributed by atoms with van der Waals surface area (Å²) in [6.45, 7) is 0. The number of aromatic hydroxyl groups is 1. The van der Waals surface area contributed by atoms with Crippen molar-refractivity contribution < 1.29 is 5.11 Å². The molecule has 0 amide bonds. The van der Waals surface area contributed by atoms with E-state index in [0.717, 1.165) is 11.1 Å². The smallest absolute Gasteiger partial charge is 0.255 e. The molecule has 84 valence electrons. The van der Waals surface area contributed by atoms with Crippen molar-refractivity contribution in [1.82, 2.24) is 4.98 Å². The molecule has 0 saturated heterocycles. The van der Waals surface area contributed by atoms with E-state index < -0.39 is 0 Å². The lowest BCUT2D eigenvalue weighted by atomic mass is 10.0. The van der Waals surface area contributed by atoms with Crippen molar-refractivity contribution in [2.45, 2.75) is 0 Å². The van der Waals surface area contributed by atoms with E-state index in [1.807, 2.05) is 16.8 Å². The van der Waals surface area contributed by atoms with Gasteiger partial charge in [0.05, 0.1) is 5.39 Å². The molecule has 0 atom stereocenters. The van der Waals surface area contributed by atoms with Crippen LogP contribution in [-0.4, -0.2) is 10.1 Å². The zero-order chi connectivity index (χ0) is 11.8. The van der Waals surface area contributed by atoms with Crippen LogP contribution in [-0.2, 0) is 0 Å². The molecule has 0 saturated carbocycles. The van der Waals surface area contributed by atoms with Crippen molar-refractivity contribution in [2.75, 3.05) is 0 Å². The van der Waals surface area contributed by atoms with Crippen molar-refractivity contribution in [2.24, 2.45) is 0 Å². The van der Waals surface area contributed by atoms with E-state index in [0.29, 0.717) is 10.8 Å². The summed E-state index contributed by atoms with van der Waals surface area (Å²) in [5.41, 5.74) is 1.66. The van der Waals surface area contributed by atoms with Crippen molar-refractivity contribution in [3.63, 3.8) is 0 Å². The average Bonchev–Trinajstić information content (AvgIpc) is 2.84. The Morgan fingerprint density at radius 3 is 2.88 bits per heavy atom. The van der Waals surface area contributed by atoms with Crippen LogP contribution in [0, 0.1) is 0 Å². The third-order valence-corrected chi connectivity index (χ3v) is 3.42. The lowest BCUT2D eigenvalue weighted by molar-refractivity contribution is 0.481. The van der Waals surface area contributed by atoms with Gasteiger partial charge in [0.25, 0.3) is 5.56 Å². The number of benzene rings is 1. The predicted molar refractivity (Wildman–Crippen MR) is 69.5 cm³/mol. The molecule has 0 aliphatic rings. The molecular formula is C13H9NO2S. The van der Waals surface area contributed by atoms with E-state index in [-0.39, 0.29) is 11.3 Å². The van der Waals surface area contributed by atoms with Crippen molar-refractivity contribution in [3.05, 3.63) is 51.6 Å². The molecule has 0 spiro atoms. The molecule has 0 aliphatic carbocycles. The van der Waals surface area contributed by atoms with Crippen LogP contribution in [0.5, 0.6) is 5.75 Å². The van der Waals surface area contributed by atoms with Crippen LogP contribution >= 0.6 is 11.3 Å². The monoisotopic (exact) mass is 243 g/mol. The fourth-order valence-electron chi connectivity index (χ4n) is 1.95. The van der Waals surface area contributed by atoms with Crippen LogP contribution in [0.15, 0.2) is 46.0 Å². The van der Waals surface area contributed by atoms with Gasteiger partial charge in [-0.1, -0.05) is 6.07 Å². The zero-order valence-corrected chi connectivity index (χ0v) is 9.62. The number of hydrogen-bond donors (Lipinski definition) is 2. The van der Waals surface area contributed by atoms with Gasteiger partial charge in [-0.2, -0.15) is 11.3 Å². The van der Waals surface area contributed by atoms with Gasteiger partial charge < -0.3 is 10.1 Å². The fraction of sp³-hybridized carbons (Fsp3) is 0. The highest BCUT2D eigenvalue weighted by Gasteiger charge is 2.10. The van der Waals surface area contributed by atoms with Gasteiger partial charge in [-0.25, -0.2) is 0 Å². The van der Waals surface area contributed by atoms with Crippen LogP contribution in [0.25, 0.3) is 21.9 Å². The summed E-state index contributed by atoms with van der Waals surface area (Å²) in [4.78, 5) is 14.4. The first-order chi connectivity index (χ1) is 8.27. The number of phenols is 1. The number of H-pyrrole nitrogens is 1. The minimum Gasteiger partial charge on any atom is -0.507 e. The first kappa shape index (κ1) is 10.1. The summed E-state index contributed by atoms with van der Waals surface area (Å²) in [5.74, 6) is 0.134. The number of hydrogen-bond acceptors (Lipinski definition) is 3. The quantitative estimate of drug-likeness (QED) is 0.690. The number of thiophene rings is 1. The highest BCUT2D eigenvalue weighted by Crippen LogP contribution is 2.33. The topological polar surface area (TPSA) is 53.1 Å². The standard InChI is InChI=1S/C13H9NO2S/c15-11-3-1-2-9-12(11)10(6-14-13(9)16)8-4-5-17-7-8/h1-7,15H,(H,14,16). The van der Waals surface area contributed by atoms with Gasteiger partial charge in [0, 0.05) is 17.1 Å². The second kappa shape index (κ2) is 3.75. The van der Waals surface area contributed by atoms with Crippen molar-refractivity contribution in [1.29, 1.82) is 0 Å². The van der Waals surface area contributed by atoms with Gasteiger partial charge in [0.2, 0.25) is 0 Å². The Hall–Kier alpha value is -2.07. The molecule has 17 heavy (non-hydrogen) atoms. The maximum atomic E-state index is 11.7. The highest BCUT2D eigenvalue weighted by molar-refractivity contribution is 7.08. The Bertz CT molecular complexity index is 729. The SMILES string of the molecule is O=c1[nH]cc(-c2ccsc2)c2c(O)cccc12. The van der Waals surface area contributed by atoms with Crippen LogP contribution in [0.4, 0.5) is 0 Å². The number of fused-ring (bicyclic) bond motifs is 1. The number of aromatic nitrogens is 1. The van der Waals surface area contributed by atoms with Crippen LogP contribution in [0.2, 0.25) is 0 Å². The minimum absolute atomic E-state index is 0.134. The molecule has 3 rings (SSSR count). The minimum atomic E-state index is -0.185. The van der Waals surface area contributed by atoms with Gasteiger partial charge in [-0.15, -0.1) is 0 Å². The molecule has 0 bridgehead atoms. The van der Waals surface area contributed by atoms with E-state index in [1.54, 1.807) is 35.7 Å². The molecule has 4 heteroatoms. The third-order valence-electron chi connectivity index (χ3n) is 2.74. The summed E-state index contributed by atoms with van der Waals surface area (Å²) in [6, 6.07) is 6.94. The molecule has 2 N–H and O–H groups in total. The lowest BCUT2D eigenvalue weighted by Gasteiger charge is -2.05. The lowest BCUT2D eigenvalue weighted by Crippen LogP contribution is -2.05. The number of aromatic amines is 1. The van der Waals surface area contributed by atoms with Gasteiger partial charge >= 0.3 is 0 Å². The summed E-state index contributed by atoms with van der Waals surface area (Å²) < 4.78 is 0. The second-order valence-corrected chi connectivity index (χ2v) is 4.52. The van der Waals surface area contributed by atoms with Crippen molar-refractivity contribution in [3.8, 4) is 16.9 Å². The highest BCUT2D eigenvalue weighted by atomic mass is 32.1. The van der Waals surface area contributed by atoms with Crippen molar-refractivity contribution >= 4 is 22.1 Å². The normalized spacial score (nSPS) is 10.8. The van der Waals surface area contributed by atoms with E-state index >= 15 is 0 Å². The first-order valence-corrected chi connectivity index (χ1v) is 6.07. The molecule has 0 aliphatic heterocycles. The van der Waals surface area contributed by atoms with E-state index in [9.17, 15) is 9.90 Å². The summed E-state index contributed by atoms with van der Waals surface area (Å²) in [7, 11) is 0. The Labute approximate surface area is 101 Å². The molecule has 2 heterocycles. The molecule has 3 aromatic rings. The molecule has 2 aromatic heterocycles. The van der Waals surface area contributed by atoms with Crippen LogP contribution < -0.4 is 5.56 Å². The molecular weight excluding hydrogens is 234 g/mol. The molecule has 3 nitrogen and oxygen atoms in total. The first-order valence-electron chi connectivity index (χ1n) is 5.13. The number of phenolic OH excluding ortho intramolecular Hbond substituents is 1. The van der Waals surface area contributed by atoms with E-state index in [2.05, 4.69) is 4.98 Å². The maximum Gasteiger partial charge on any atom is 0.255 e. The number of rotatable bonds is 1. The predicted octanol–water partition coefficient (Wildman–Crippen LogP) is 2.96. The third kappa shape index (κ3) is 1.54. The number of nitrogens with one attached hydrogen (secondary N) is 1. The van der Waals surface area contributed by atoms with Gasteiger partial charge in [0.15, 0.2) is 0 Å². The van der Waals surface area contributed by atoms with Gasteiger partial charge in [-0.3, -0.25) is 4.79 Å². The Morgan fingerprint density at radius 1 is 1.24 bits per heavy atom. The van der Waals surface area contributed by atoms with Gasteiger partial charge in [0.1, 0.15) is 5.75 Å². The molecule has 0 radical (unpaired) electrons. The summed E-state index contributed by atoms with van der Waals surface area (Å²) >= 11 is 1.58. The van der Waals surface area contributed by atoms with E-state index in [1.165, 1.54) is 0 Å². The summed E-state index contributed by atoms with van der Waals surface area (Å²) in [6.07, 6.45) is 1.65. The summed E-state index contributed by atoms with van der Waals surface area (Å²) in [5, 5.41) is 15.0. The van der Waals surface area contributed by atoms with Crippen LogP contribution in [0.3, 0.4) is 0 Å². The average molecular weight is 243 g/mol. The van der Waals surface area contributed by atoms with Gasteiger partial charge in [-0.05, 0) is 34.5 Å². The molecule has 0 unspecified atom stereocenters. The fourth-order valence-corrected chi connectivity index (χ4v) is 2.60. The second-order valence-electron chi connectivity index (χ2n) is 3.74. The largest absolute Gasteiger partial charge is 0.507 e. The Morgan fingerprint density at radius 2 is 2.12 bits per heavy atom. The Balaban J connectivity index is 2.49. The van der Waals surface area contributed by atoms with Crippen LogP contribution in [0.1, 0.15) is 0 Å².